The van der Waals surface area contributed by atoms with E-state index in [0.29, 0.717) is 12.6 Å². The van der Waals surface area contributed by atoms with Gasteiger partial charge in [-0.1, -0.05) is 25.3 Å². The van der Waals surface area contributed by atoms with Gasteiger partial charge in [-0.2, -0.15) is 13.2 Å². The minimum absolute atomic E-state index is 0. The Morgan fingerprint density at radius 2 is 2.00 bits per heavy atom. The molecule has 1 saturated carbocycles. The number of aliphatic imine (C=N–C) groups is 1. The highest BCUT2D eigenvalue weighted by molar-refractivity contribution is 14.0. The van der Waals surface area contributed by atoms with Crippen LogP contribution in [0.5, 0.6) is 5.88 Å². The smallest absolute Gasteiger partial charge is 0.422 e. The van der Waals surface area contributed by atoms with Gasteiger partial charge >= 0.3 is 6.18 Å². The van der Waals surface area contributed by atoms with Crippen molar-refractivity contribution in [1.82, 2.24) is 15.6 Å². The lowest BCUT2D eigenvalue weighted by atomic mass is 9.96. The molecule has 1 aromatic heterocycles. The predicted molar refractivity (Wildman–Crippen MR) is 106 cm³/mol. The number of rotatable bonds is 6. The van der Waals surface area contributed by atoms with Crippen LogP contribution < -0.4 is 15.4 Å². The molecule has 1 aromatic rings. The molecule has 0 unspecified atom stereocenters. The highest BCUT2D eigenvalue weighted by Gasteiger charge is 2.28. The first-order valence-corrected chi connectivity index (χ1v) is 8.65. The summed E-state index contributed by atoms with van der Waals surface area (Å²) >= 11 is 0. The Balaban J connectivity index is 0.00000338. The molecule has 5 nitrogen and oxygen atoms in total. The number of alkyl halides is 3. The zero-order valence-electron chi connectivity index (χ0n) is 14.8. The standard InChI is InChI=1S/C17H25F3N4O.HI/c1-2-21-16(24-14-6-4-3-5-7-14)23-11-13-8-9-15(22-10-13)25-12-17(18,19)20;/h8-10,14H,2-7,11-12H2,1H3,(H2,21,23,24);1H. The Kier molecular flexibility index (Phi) is 10.0. The van der Waals surface area contributed by atoms with E-state index in [1.165, 1.54) is 31.5 Å². The van der Waals surface area contributed by atoms with E-state index in [0.717, 1.165) is 30.9 Å². The molecule has 1 aliphatic rings. The van der Waals surface area contributed by atoms with Crippen molar-refractivity contribution in [2.75, 3.05) is 13.2 Å². The molecule has 0 bridgehead atoms. The van der Waals surface area contributed by atoms with Gasteiger partial charge in [0, 0.05) is 24.8 Å². The first kappa shape index (κ1) is 22.8. The van der Waals surface area contributed by atoms with Crippen LogP contribution in [0.15, 0.2) is 23.3 Å². The van der Waals surface area contributed by atoms with Crippen molar-refractivity contribution in [1.29, 1.82) is 0 Å². The fourth-order valence-electron chi connectivity index (χ4n) is 2.68. The second-order valence-corrected chi connectivity index (χ2v) is 6.08. The van der Waals surface area contributed by atoms with Gasteiger partial charge in [0.2, 0.25) is 5.88 Å². The monoisotopic (exact) mass is 486 g/mol. The number of hydrogen-bond acceptors (Lipinski definition) is 3. The average molecular weight is 486 g/mol. The van der Waals surface area contributed by atoms with Gasteiger partial charge in [-0.05, 0) is 25.3 Å². The first-order valence-electron chi connectivity index (χ1n) is 8.65. The first-order chi connectivity index (χ1) is 12.0. The van der Waals surface area contributed by atoms with Crippen LogP contribution in [-0.2, 0) is 6.54 Å². The van der Waals surface area contributed by atoms with E-state index in [9.17, 15) is 13.2 Å². The number of ether oxygens (including phenoxy) is 1. The van der Waals surface area contributed by atoms with Crippen molar-refractivity contribution >= 4 is 29.9 Å². The summed E-state index contributed by atoms with van der Waals surface area (Å²) in [7, 11) is 0. The van der Waals surface area contributed by atoms with Crippen LogP contribution in [0.2, 0.25) is 0 Å². The topological polar surface area (TPSA) is 58.5 Å². The summed E-state index contributed by atoms with van der Waals surface area (Å²) in [6, 6.07) is 3.55. The maximum Gasteiger partial charge on any atom is 0.422 e. The van der Waals surface area contributed by atoms with Crippen LogP contribution in [0.1, 0.15) is 44.6 Å². The highest BCUT2D eigenvalue weighted by Crippen LogP contribution is 2.18. The van der Waals surface area contributed by atoms with E-state index in [2.05, 4.69) is 25.3 Å². The van der Waals surface area contributed by atoms with Crippen molar-refractivity contribution in [2.45, 2.75) is 57.8 Å². The van der Waals surface area contributed by atoms with Crippen molar-refractivity contribution in [2.24, 2.45) is 4.99 Å². The van der Waals surface area contributed by atoms with E-state index in [4.69, 9.17) is 0 Å². The Hall–Kier alpha value is -1.26. The summed E-state index contributed by atoms with van der Waals surface area (Å²) in [6.45, 7) is 1.83. The maximum atomic E-state index is 12.1. The molecule has 0 spiro atoms. The number of aromatic nitrogens is 1. The minimum Gasteiger partial charge on any atom is -0.468 e. The summed E-state index contributed by atoms with van der Waals surface area (Å²) in [5, 5.41) is 6.66. The predicted octanol–water partition coefficient (Wildman–Crippen LogP) is 4.03. The zero-order chi connectivity index (χ0) is 18.1. The average Bonchev–Trinajstić information content (AvgIpc) is 2.59. The van der Waals surface area contributed by atoms with Gasteiger partial charge in [0.1, 0.15) is 0 Å². The van der Waals surface area contributed by atoms with Crippen LogP contribution >= 0.6 is 24.0 Å². The lowest BCUT2D eigenvalue weighted by molar-refractivity contribution is -0.154. The molecule has 0 aliphatic heterocycles. The van der Waals surface area contributed by atoms with Gasteiger partial charge in [0.05, 0.1) is 6.54 Å². The Bertz CT molecular complexity index is 546. The van der Waals surface area contributed by atoms with E-state index in [1.807, 2.05) is 6.92 Å². The van der Waals surface area contributed by atoms with E-state index in [-0.39, 0.29) is 29.9 Å². The van der Waals surface area contributed by atoms with Crippen LogP contribution in [0.25, 0.3) is 0 Å². The van der Waals surface area contributed by atoms with Crippen LogP contribution in [-0.4, -0.2) is 36.3 Å². The molecule has 0 amide bonds. The number of hydrogen-bond donors (Lipinski definition) is 2. The molecule has 26 heavy (non-hydrogen) atoms. The van der Waals surface area contributed by atoms with Crippen molar-refractivity contribution in [3.05, 3.63) is 23.9 Å². The van der Waals surface area contributed by atoms with Crippen LogP contribution in [0.4, 0.5) is 13.2 Å². The number of nitrogens with zero attached hydrogens (tertiary/aromatic N) is 2. The van der Waals surface area contributed by atoms with Gasteiger partial charge in [-0.3, -0.25) is 0 Å². The zero-order valence-corrected chi connectivity index (χ0v) is 17.1. The lowest BCUT2D eigenvalue weighted by Gasteiger charge is -2.24. The molecule has 148 valence electrons. The van der Waals surface area contributed by atoms with Crippen LogP contribution in [0, 0.1) is 0 Å². The van der Waals surface area contributed by atoms with Gasteiger partial charge in [0.15, 0.2) is 12.6 Å². The Morgan fingerprint density at radius 3 is 2.58 bits per heavy atom. The number of halogens is 4. The summed E-state index contributed by atoms with van der Waals surface area (Å²) in [5.74, 6) is 0.712. The third kappa shape index (κ3) is 8.91. The molecular weight excluding hydrogens is 460 g/mol. The molecule has 1 heterocycles. The Morgan fingerprint density at radius 1 is 1.27 bits per heavy atom. The van der Waals surface area contributed by atoms with Crippen LogP contribution in [0.3, 0.4) is 0 Å². The quantitative estimate of drug-likeness (QED) is 0.362. The second kappa shape index (κ2) is 11.5. The summed E-state index contributed by atoms with van der Waals surface area (Å²) in [6.07, 6.45) is 3.19. The van der Waals surface area contributed by atoms with Crippen molar-refractivity contribution < 1.29 is 17.9 Å². The van der Waals surface area contributed by atoms with E-state index in [1.54, 1.807) is 6.07 Å². The molecule has 0 aromatic carbocycles. The van der Waals surface area contributed by atoms with E-state index < -0.39 is 12.8 Å². The molecule has 2 N–H and O–H groups in total. The summed E-state index contributed by atoms with van der Waals surface area (Å²) in [4.78, 5) is 8.42. The largest absolute Gasteiger partial charge is 0.468 e. The fraction of sp³-hybridized carbons (Fsp3) is 0.647. The molecule has 0 atom stereocenters. The van der Waals surface area contributed by atoms with Gasteiger partial charge in [0.25, 0.3) is 0 Å². The number of guanidine groups is 1. The van der Waals surface area contributed by atoms with Gasteiger partial charge in [-0.25, -0.2) is 9.98 Å². The third-order valence-corrected chi connectivity index (χ3v) is 3.89. The maximum absolute atomic E-state index is 12.1. The third-order valence-electron chi connectivity index (χ3n) is 3.89. The fourth-order valence-corrected chi connectivity index (χ4v) is 2.68. The van der Waals surface area contributed by atoms with Crippen molar-refractivity contribution in [3.63, 3.8) is 0 Å². The molecule has 9 heteroatoms. The van der Waals surface area contributed by atoms with Crippen molar-refractivity contribution in [3.8, 4) is 5.88 Å². The summed E-state index contributed by atoms with van der Waals surface area (Å²) in [5.41, 5.74) is 0.806. The molecule has 1 aliphatic carbocycles. The molecule has 1 fully saturated rings. The SMILES string of the molecule is CCNC(=NCc1ccc(OCC(F)(F)F)nc1)NC1CCCCC1.I. The van der Waals surface area contributed by atoms with E-state index >= 15 is 0 Å². The Labute approximate surface area is 169 Å². The highest BCUT2D eigenvalue weighted by atomic mass is 127. The molecule has 0 saturated heterocycles. The molecule has 2 rings (SSSR count). The lowest BCUT2D eigenvalue weighted by Crippen LogP contribution is -2.44. The molecule has 0 radical (unpaired) electrons. The molecular formula is C17H26F3IN4O. The van der Waals surface area contributed by atoms with Gasteiger partial charge < -0.3 is 15.4 Å². The minimum atomic E-state index is -4.36. The normalized spacial score (nSPS) is 15.9. The number of pyridine rings is 1. The van der Waals surface area contributed by atoms with Gasteiger partial charge in [-0.15, -0.1) is 24.0 Å². The second-order valence-electron chi connectivity index (χ2n) is 6.08. The number of nitrogens with one attached hydrogen (secondary N) is 2. The summed E-state index contributed by atoms with van der Waals surface area (Å²) < 4.78 is 40.9.